The van der Waals surface area contributed by atoms with Gasteiger partial charge in [0.25, 0.3) is 0 Å². The topological polar surface area (TPSA) is 73.1 Å². The number of hydrogen-bond acceptors (Lipinski definition) is 5. The van der Waals surface area contributed by atoms with Crippen LogP contribution in [-0.2, 0) is 4.74 Å². The van der Waals surface area contributed by atoms with Gasteiger partial charge in [-0.1, -0.05) is 13.8 Å². The van der Waals surface area contributed by atoms with E-state index in [0.717, 1.165) is 12.2 Å². The number of nitrogen functional groups attached to an aromatic ring is 1. The Morgan fingerprint density at radius 1 is 1.56 bits per heavy atom. The quantitative estimate of drug-likeness (QED) is 0.806. The molecule has 1 aromatic rings. The van der Waals surface area contributed by atoms with Crippen molar-refractivity contribution in [3.8, 4) is 0 Å². The number of hydrogen-bond donors (Lipinski definition) is 2. The van der Waals surface area contributed by atoms with Crippen molar-refractivity contribution in [3.63, 3.8) is 0 Å². The monoisotopic (exact) mass is 222 g/mol. The average molecular weight is 222 g/mol. The fourth-order valence-corrected chi connectivity index (χ4v) is 2.16. The molecule has 2 unspecified atom stereocenters. The first-order valence-electron chi connectivity index (χ1n) is 5.42. The SMILES string of the molecule is COC1CC(Nc2ccnc(N)n2)C1(C)C. The van der Waals surface area contributed by atoms with Gasteiger partial charge in [0.1, 0.15) is 5.82 Å². The Labute approximate surface area is 95.4 Å². The van der Waals surface area contributed by atoms with Crippen LogP contribution in [0.2, 0.25) is 0 Å². The lowest BCUT2D eigenvalue weighted by atomic mass is 9.64. The Balaban J connectivity index is 2.02. The van der Waals surface area contributed by atoms with E-state index >= 15 is 0 Å². The molecule has 88 valence electrons. The lowest BCUT2D eigenvalue weighted by Gasteiger charge is -2.51. The molecule has 5 nitrogen and oxygen atoms in total. The normalized spacial score (nSPS) is 27.2. The predicted octanol–water partition coefficient (Wildman–Crippen LogP) is 1.28. The molecule has 1 fully saturated rings. The van der Waals surface area contributed by atoms with Crippen LogP contribution in [0.3, 0.4) is 0 Å². The van der Waals surface area contributed by atoms with Crippen LogP contribution in [0.1, 0.15) is 20.3 Å². The second-order valence-electron chi connectivity index (χ2n) is 4.78. The van der Waals surface area contributed by atoms with Crippen LogP contribution in [0, 0.1) is 5.41 Å². The van der Waals surface area contributed by atoms with Gasteiger partial charge in [-0.15, -0.1) is 0 Å². The maximum atomic E-state index is 5.53. The molecular formula is C11H18N4O. The summed E-state index contributed by atoms with van der Waals surface area (Å²) in [5, 5.41) is 3.36. The zero-order valence-electron chi connectivity index (χ0n) is 9.90. The molecule has 0 bridgehead atoms. The number of nitrogens with one attached hydrogen (secondary N) is 1. The third-order valence-corrected chi connectivity index (χ3v) is 3.46. The highest BCUT2D eigenvalue weighted by Gasteiger charge is 2.48. The van der Waals surface area contributed by atoms with Crippen molar-refractivity contribution in [1.29, 1.82) is 0 Å². The molecule has 0 aromatic carbocycles. The second kappa shape index (κ2) is 3.90. The average Bonchev–Trinajstić information content (AvgIpc) is 2.23. The van der Waals surface area contributed by atoms with E-state index in [-0.39, 0.29) is 5.41 Å². The minimum Gasteiger partial charge on any atom is -0.381 e. The Hall–Kier alpha value is -1.36. The summed E-state index contributed by atoms with van der Waals surface area (Å²) in [5.41, 5.74) is 5.65. The molecule has 1 aromatic heterocycles. The van der Waals surface area contributed by atoms with Gasteiger partial charge in [0.05, 0.1) is 6.10 Å². The molecule has 0 saturated heterocycles. The van der Waals surface area contributed by atoms with Crippen LogP contribution >= 0.6 is 0 Å². The summed E-state index contributed by atoms with van der Waals surface area (Å²) in [5.74, 6) is 1.07. The summed E-state index contributed by atoms with van der Waals surface area (Å²) < 4.78 is 5.40. The van der Waals surface area contributed by atoms with Gasteiger partial charge in [-0.2, -0.15) is 4.98 Å². The standard InChI is InChI=1S/C11H18N4O/c1-11(2)7(6-8(11)16-3)14-9-4-5-13-10(12)15-9/h4-5,7-8H,6H2,1-3H3,(H3,12,13,14,15). The van der Waals surface area contributed by atoms with Crippen molar-refractivity contribution in [2.45, 2.75) is 32.4 Å². The predicted molar refractivity (Wildman–Crippen MR) is 63.1 cm³/mol. The molecule has 0 aliphatic heterocycles. The lowest BCUT2D eigenvalue weighted by Crippen LogP contribution is -2.57. The number of nitrogens with zero attached hydrogens (tertiary/aromatic N) is 2. The summed E-state index contributed by atoms with van der Waals surface area (Å²) in [6.45, 7) is 4.37. The number of anilines is 2. The first kappa shape index (κ1) is 11.1. The highest BCUT2D eigenvalue weighted by atomic mass is 16.5. The third-order valence-electron chi connectivity index (χ3n) is 3.46. The highest BCUT2D eigenvalue weighted by Crippen LogP contribution is 2.43. The summed E-state index contributed by atoms with van der Waals surface area (Å²) in [7, 11) is 1.76. The Kier molecular flexibility index (Phi) is 2.71. The van der Waals surface area contributed by atoms with Gasteiger partial charge in [-0.05, 0) is 12.5 Å². The molecule has 3 N–H and O–H groups in total. The summed E-state index contributed by atoms with van der Waals surface area (Å²) in [6, 6.07) is 2.19. The van der Waals surface area contributed by atoms with E-state index in [1.54, 1.807) is 13.3 Å². The van der Waals surface area contributed by atoms with Crippen molar-refractivity contribution < 1.29 is 4.74 Å². The van der Waals surface area contributed by atoms with Crippen LogP contribution in [0.15, 0.2) is 12.3 Å². The smallest absolute Gasteiger partial charge is 0.221 e. The molecule has 1 aliphatic carbocycles. The van der Waals surface area contributed by atoms with E-state index in [1.807, 2.05) is 6.07 Å². The molecule has 16 heavy (non-hydrogen) atoms. The molecule has 0 amide bonds. The zero-order valence-corrected chi connectivity index (χ0v) is 9.90. The van der Waals surface area contributed by atoms with Gasteiger partial charge in [0.15, 0.2) is 0 Å². The maximum Gasteiger partial charge on any atom is 0.221 e. The fourth-order valence-electron chi connectivity index (χ4n) is 2.16. The molecule has 0 radical (unpaired) electrons. The van der Waals surface area contributed by atoms with E-state index in [0.29, 0.717) is 18.1 Å². The third kappa shape index (κ3) is 1.82. The second-order valence-corrected chi connectivity index (χ2v) is 4.78. The van der Waals surface area contributed by atoms with E-state index in [1.165, 1.54) is 0 Å². The molecule has 5 heteroatoms. The minimum absolute atomic E-state index is 0.120. The molecule has 0 spiro atoms. The van der Waals surface area contributed by atoms with Crippen molar-refractivity contribution in [2.75, 3.05) is 18.2 Å². The highest BCUT2D eigenvalue weighted by molar-refractivity contribution is 5.40. The fraction of sp³-hybridized carbons (Fsp3) is 0.636. The number of ether oxygens (including phenoxy) is 1. The minimum atomic E-state index is 0.120. The van der Waals surface area contributed by atoms with Crippen LogP contribution < -0.4 is 11.1 Å². The Morgan fingerprint density at radius 2 is 2.31 bits per heavy atom. The van der Waals surface area contributed by atoms with E-state index in [2.05, 4.69) is 29.1 Å². The van der Waals surface area contributed by atoms with Crippen LogP contribution in [0.4, 0.5) is 11.8 Å². The van der Waals surface area contributed by atoms with Crippen molar-refractivity contribution >= 4 is 11.8 Å². The van der Waals surface area contributed by atoms with Gasteiger partial charge in [0, 0.05) is 24.8 Å². The maximum absolute atomic E-state index is 5.53. The van der Waals surface area contributed by atoms with Crippen molar-refractivity contribution in [3.05, 3.63) is 12.3 Å². The number of methoxy groups -OCH3 is 1. The van der Waals surface area contributed by atoms with E-state index in [9.17, 15) is 0 Å². The lowest BCUT2D eigenvalue weighted by molar-refractivity contribution is -0.0795. The molecular weight excluding hydrogens is 204 g/mol. The van der Waals surface area contributed by atoms with E-state index in [4.69, 9.17) is 10.5 Å². The van der Waals surface area contributed by atoms with Gasteiger partial charge >= 0.3 is 0 Å². The summed E-state index contributed by atoms with van der Waals surface area (Å²) in [6.07, 6.45) is 2.96. The molecule has 2 atom stereocenters. The Morgan fingerprint density at radius 3 is 2.88 bits per heavy atom. The first-order valence-corrected chi connectivity index (χ1v) is 5.42. The van der Waals surface area contributed by atoms with Gasteiger partial charge in [-0.3, -0.25) is 0 Å². The molecule has 2 rings (SSSR count). The number of nitrogens with two attached hydrogens (primary N) is 1. The first-order chi connectivity index (χ1) is 7.54. The largest absolute Gasteiger partial charge is 0.381 e. The van der Waals surface area contributed by atoms with Crippen molar-refractivity contribution in [1.82, 2.24) is 9.97 Å². The van der Waals surface area contributed by atoms with Crippen LogP contribution in [-0.4, -0.2) is 29.2 Å². The Bertz CT molecular complexity index is 380. The van der Waals surface area contributed by atoms with E-state index < -0.39 is 0 Å². The number of aromatic nitrogens is 2. The van der Waals surface area contributed by atoms with Crippen LogP contribution in [0.5, 0.6) is 0 Å². The van der Waals surface area contributed by atoms with Crippen molar-refractivity contribution in [2.24, 2.45) is 5.41 Å². The molecule has 1 heterocycles. The zero-order chi connectivity index (χ0) is 11.8. The van der Waals surface area contributed by atoms with Gasteiger partial charge < -0.3 is 15.8 Å². The molecule has 1 aliphatic rings. The summed E-state index contributed by atoms with van der Waals surface area (Å²) in [4.78, 5) is 7.99. The summed E-state index contributed by atoms with van der Waals surface area (Å²) >= 11 is 0. The van der Waals surface area contributed by atoms with Crippen LogP contribution in [0.25, 0.3) is 0 Å². The molecule has 1 saturated carbocycles. The van der Waals surface area contributed by atoms with Gasteiger partial charge in [0.2, 0.25) is 5.95 Å². The number of rotatable bonds is 3. The van der Waals surface area contributed by atoms with Gasteiger partial charge in [-0.25, -0.2) is 4.98 Å².